The number of H-pyrrole nitrogens is 1. The van der Waals surface area contributed by atoms with Crippen molar-refractivity contribution < 1.29 is 8.42 Å². The van der Waals surface area contributed by atoms with Crippen LogP contribution in [0, 0.1) is 5.92 Å². The van der Waals surface area contributed by atoms with Gasteiger partial charge in [0.15, 0.2) is 9.84 Å². The van der Waals surface area contributed by atoms with Crippen molar-refractivity contribution in [2.45, 2.75) is 37.1 Å². The van der Waals surface area contributed by atoms with Crippen LogP contribution in [-0.4, -0.2) is 31.2 Å². The predicted octanol–water partition coefficient (Wildman–Crippen LogP) is 2.42. The normalized spacial score (nSPS) is 23.5. The van der Waals surface area contributed by atoms with E-state index in [2.05, 4.69) is 22.2 Å². The van der Waals surface area contributed by atoms with Crippen molar-refractivity contribution in [3.05, 3.63) is 24.0 Å². The van der Waals surface area contributed by atoms with Gasteiger partial charge in [0.2, 0.25) is 0 Å². The van der Waals surface area contributed by atoms with Gasteiger partial charge in [0.25, 0.3) is 0 Å². The topological polar surface area (TPSA) is 74.8 Å². The monoisotopic (exact) mass is 307 g/mol. The molecule has 21 heavy (non-hydrogen) atoms. The molecule has 114 valence electrons. The Morgan fingerprint density at radius 3 is 2.90 bits per heavy atom. The largest absolute Gasteiger partial charge is 0.341 e. The third kappa shape index (κ3) is 2.96. The van der Waals surface area contributed by atoms with Crippen LogP contribution in [-0.2, 0) is 9.84 Å². The second kappa shape index (κ2) is 5.42. The van der Waals surface area contributed by atoms with Crippen LogP contribution < -0.4 is 5.32 Å². The van der Waals surface area contributed by atoms with E-state index in [0.717, 1.165) is 35.7 Å². The minimum atomic E-state index is -3.19. The highest BCUT2D eigenvalue weighted by atomic mass is 32.2. The average Bonchev–Trinajstić information content (AvgIpc) is 2.89. The molecule has 1 aliphatic heterocycles. The molecule has 5 nitrogen and oxygen atoms in total. The summed E-state index contributed by atoms with van der Waals surface area (Å²) in [4.78, 5) is 8.23. The van der Waals surface area contributed by atoms with Crippen LogP contribution in [0.5, 0.6) is 0 Å². The van der Waals surface area contributed by atoms with Crippen LogP contribution in [0.15, 0.2) is 23.1 Å². The van der Waals surface area contributed by atoms with E-state index >= 15 is 0 Å². The fourth-order valence-electron chi connectivity index (χ4n) is 2.98. The van der Waals surface area contributed by atoms with Crippen LogP contribution in [0.1, 0.15) is 38.1 Å². The fourth-order valence-corrected chi connectivity index (χ4v) is 3.63. The lowest BCUT2D eigenvalue weighted by molar-refractivity contribution is 0.292. The van der Waals surface area contributed by atoms with Gasteiger partial charge in [-0.05, 0) is 43.5 Å². The van der Waals surface area contributed by atoms with Gasteiger partial charge in [-0.2, -0.15) is 0 Å². The molecule has 2 aromatic rings. The van der Waals surface area contributed by atoms with E-state index < -0.39 is 9.84 Å². The molecule has 0 amide bonds. The molecule has 1 saturated heterocycles. The quantitative estimate of drug-likeness (QED) is 0.913. The molecule has 0 radical (unpaired) electrons. The Hall–Kier alpha value is -1.40. The second-order valence-corrected chi connectivity index (χ2v) is 7.89. The van der Waals surface area contributed by atoms with Gasteiger partial charge in [0, 0.05) is 6.26 Å². The summed E-state index contributed by atoms with van der Waals surface area (Å²) in [6, 6.07) is 5.29. The van der Waals surface area contributed by atoms with Crippen molar-refractivity contribution in [3.63, 3.8) is 0 Å². The molecule has 2 atom stereocenters. The molecule has 1 aliphatic rings. The van der Waals surface area contributed by atoms with Gasteiger partial charge in [-0.25, -0.2) is 13.4 Å². The van der Waals surface area contributed by atoms with Crippen molar-refractivity contribution in [3.8, 4) is 0 Å². The Balaban J connectivity index is 1.94. The Bertz CT molecular complexity index is 751. The third-order valence-corrected chi connectivity index (χ3v) is 5.43. The van der Waals surface area contributed by atoms with E-state index in [-0.39, 0.29) is 6.04 Å². The summed E-state index contributed by atoms with van der Waals surface area (Å²) in [5.74, 6) is 1.64. The number of aromatic amines is 1. The molecule has 0 spiro atoms. The molecule has 2 unspecified atom stereocenters. The molecule has 6 heteroatoms. The lowest BCUT2D eigenvalue weighted by Crippen LogP contribution is -2.32. The zero-order valence-electron chi connectivity index (χ0n) is 12.4. The number of fused-ring (bicyclic) bond motifs is 1. The standard InChI is InChI=1S/C15H21N3O2S/c1-3-10-6-7-16-14(8-10)15-17-12-5-4-11(21(2,19)20)9-13(12)18-15/h4-5,9-10,14,16H,3,6-8H2,1-2H3,(H,17,18). The van der Waals surface area contributed by atoms with Gasteiger partial charge in [-0.3, -0.25) is 0 Å². The number of nitrogens with one attached hydrogen (secondary N) is 2. The van der Waals surface area contributed by atoms with Gasteiger partial charge in [0.05, 0.1) is 22.0 Å². The molecule has 1 aromatic carbocycles. The van der Waals surface area contributed by atoms with E-state index in [4.69, 9.17) is 0 Å². The van der Waals surface area contributed by atoms with Crippen molar-refractivity contribution >= 4 is 20.9 Å². The van der Waals surface area contributed by atoms with Gasteiger partial charge < -0.3 is 10.3 Å². The summed E-state index contributed by atoms with van der Waals surface area (Å²) in [6.07, 6.45) is 4.71. The molecule has 0 bridgehead atoms. The molecule has 2 N–H and O–H groups in total. The van der Waals surface area contributed by atoms with Gasteiger partial charge in [0.1, 0.15) is 5.82 Å². The molecule has 3 rings (SSSR count). The number of rotatable bonds is 3. The first-order valence-corrected chi connectivity index (χ1v) is 9.29. The first kappa shape index (κ1) is 14.5. The van der Waals surface area contributed by atoms with Crippen LogP contribution in [0.3, 0.4) is 0 Å². The molecule has 1 fully saturated rings. The number of benzene rings is 1. The Labute approximate surface area is 125 Å². The minimum absolute atomic E-state index is 0.234. The number of imidazole rings is 1. The van der Waals surface area contributed by atoms with Crippen LogP contribution in [0.4, 0.5) is 0 Å². The summed E-state index contributed by atoms with van der Waals surface area (Å²) < 4.78 is 23.2. The van der Waals surface area contributed by atoms with E-state index in [1.54, 1.807) is 18.2 Å². The highest BCUT2D eigenvalue weighted by Crippen LogP contribution is 2.29. The molecular weight excluding hydrogens is 286 g/mol. The summed E-state index contributed by atoms with van der Waals surface area (Å²) in [5.41, 5.74) is 1.60. The van der Waals surface area contributed by atoms with Crippen LogP contribution in [0.25, 0.3) is 11.0 Å². The maximum Gasteiger partial charge on any atom is 0.175 e. The smallest absolute Gasteiger partial charge is 0.175 e. The Morgan fingerprint density at radius 1 is 1.38 bits per heavy atom. The van der Waals surface area contributed by atoms with E-state index in [1.807, 2.05) is 0 Å². The zero-order valence-corrected chi connectivity index (χ0v) is 13.2. The van der Waals surface area contributed by atoms with Crippen molar-refractivity contribution in [2.75, 3.05) is 12.8 Å². The lowest BCUT2D eigenvalue weighted by atomic mass is 9.90. The molecule has 1 aromatic heterocycles. The number of hydrogen-bond donors (Lipinski definition) is 2. The van der Waals surface area contributed by atoms with Crippen molar-refractivity contribution in [1.29, 1.82) is 0 Å². The number of hydrogen-bond acceptors (Lipinski definition) is 4. The highest BCUT2D eigenvalue weighted by Gasteiger charge is 2.24. The van der Waals surface area contributed by atoms with Gasteiger partial charge in [-0.15, -0.1) is 0 Å². The Morgan fingerprint density at radius 2 is 2.19 bits per heavy atom. The highest BCUT2D eigenvalue weighted by molar-refractivity contribution is 7.90. The number of aromatic nitrogens is 2. The summed E-state index contributed by atoms with van der Waals surface area (Å²) in [7, 11) is -3.19. The average molecular weight is 307 g/mol. The second-order valence-electron chi connectivity index (χ2n) is 5.88. The number of sulfone groups is 1. The summed E-state index contributed by atoms with van der Waals surface area (Å²) >= 11 is 0. The van der Waals surface area contributed by atoms with Gasteiger partial charge >= 0.3 is 0 Å². The third-order valence-electron chi connectivity index (χ3n) is 4.32. The van der Waals surface area contributed by atoms with E-state index in [1.165, 1.54) is 19.1 Å². The SMILES string of the molecule is CCC1CCNC(c2nc3ccc(S(C)(=O)=O)cc3[nH]2)C1. The predicted molar refractivity (Wildman–Crippen MR) is 83.0 cm³/mol. The minimum Gasteiger partial charge on any atom is -0.341 e. The molecular formula is C15H21N3O2S. The first-order valence-electron chi connectivity index (χ1n) is 7.40. The zero-order chi connectivity index (χ0) is 15.0. The summed E-state index contributed by atoms with van der Waals surface area (Å²) in [6.45, 7) is 3.23. The summed E-state index contributed by atoms with van der Waals surface area (Å²) in [5, 5.41) is 3.49. The maximum absolute atomic E-state index is 11.6. The number of piperidine rings is 1. The van der Waals surface area contributed by atoms with E-state index in [0.29, 0.717) is 4.90 Å². The van der Waals surface area contributed by atoms with Crippen molar-refractivity contribution in [1.82, 2.24) is 15.3 Å². The maximum atomic E-state index is 11.6. The van der Waals surface area contributed by atoms with Crippen LogP contribution in [0.2, 0.25) is 0 Å². The molecule has 2 heterocycles. The molecule has 0 aliphatic carbocycles. The molecule has 0 saturated carbocycles. The Kier molecular flexibility index (Phi) is 3.75. The lowest BCUT2D eigenvalue weighted by Gasteiger charge is -2.28. The fraction of sp³-hybridized carbons (Fsp3) is 0.533. The van der Waals surface area contributed by atoms with Gasteiger partial charge in [-0.1, -0.05) is 13.3 Å². The van der Waals surface area contributed by atoms with Crippen molar-refractivity contribution in [2.24, 2.45) is 5.92 Å². The van der Waals surface area contributed by atoms with E-state index in [9.17, 15) is 8.42 Å². The van der Waals surface area contributed by atoms with Crippen LogP contribution >= 0.6 is 0 Å². The number of nitrogens with zero attached hydrogens (tertiary/aromatic N) is 1. The first-order chi connectivity index (χ1) is 9.97.